The van der Waals surface area contributed by atoms with Crippen molar-refractivity contribution >= 4 is 0 Å². The summed E-state index contributed by atoms with van der Waals surface area (Å²) in [7, 11) is 0. The zero-order chi connectivity index (χ0) is 4.24. The quantitative estimate of drug-likeness (QED) is 0.417. The van der Waals surface area contributed by atoms with Crippen molar-refractivity contribution in [3.05, 3.63) is 12.8 Å². The van der Waals surface area contributed by atoms with Crippen molar-refractivity contribution in [2.45, 2.75) is 25.7 Å². The van der Waals surface area contributed by atoms with Gasteiger partial charge in [0.15, 0.2) is 0 Å². The molecule has 0 aromatic rings. The van der Waals surface area contributed by atoms with Crippen LogP contribution >= 0.6 is 0 Å². The van der Waals surface area contributed by atoms with Gasteiger partial charge in [0.2, 0.25) is 0 Å². The first-order chi connectivity index (χ1) is 3.00. The van der Waals surface area contributed by atoms with Crippen LogP contribution in [0.15, 0.2) is 0 Å². The van der Waals surface area contributed by atoms with Gasteiger partial charge >= 0.3 is 0 Å². The maximum absolute atomic E-state index is 3.23. The Hall–Kier alpha value is 0. The predicted molar refractivity (Wildman–Crippen MR) is 26.0 cm³/mol. The Morgan fingerprint density at radius 1 is 1.50 bits per heavy atom. The second kappa shape index (κ2) is 2.22. The van der Waals surface area contributed by atoms with Gasteiger partial charge in [-0.25, -0.2) is 0 Å². The van der Waals surface area contributed by atoms with E-state index in [0.717, 1.165) is 6.42 Å². The fourth-order valence-corrected chi connectivity index (χ4v) is 0.678. The van der Waals surface area contributed by atoms with Gasteiger partial charge in [-0.3, -0.25) is 0 Å². The van der Waals surface area contributed by atoms with Gasteiger partial charge in [0.25, 0.3) is 0 Å². The van der Waals surface area contributed by atoms with Crippen LogP contribution in [-0.2, 0) is 0 Å². The van der Waals surface area contributed by atoms with E-state index >= 15 is 0 Å². The van der Waals surface area contributed by atoms with Gasteiger partial charge in [-0.15, -0.1) is 0 Å². The van der Waals surface area contributed by atoms with E-state index in [1.54, 1.807) is 0 Å². The maximum atomic E-state index is 3.23. The molecule has 0 aliphatic heterocycles. The van der Waals surface area contributed by atoms with Crippen LogP contribution in [0, 0.1) is 12.8 Å². The van der Waals surface area contributed by atoms with E-state index < -0.39 is 0 Å². The third-order valence-corrected chi connectivity index (χ3v) is 1.05. The molecule has 0 heteroatoms. The molecule has 0 aromatic heterocycles. The third kappa shape index (κ3) is 1.00. The highest BCUT2D eigenvalue weighted by Crippen LogP contribution is 2.13. The largest absolute Gasteiger partial charge is 0.0525 e. The summed E-state index contributed by atoms with van der Waals surface area (Å²) in [5, 5.41) is 0. The van der Waals surface area contributed by atoms with Crippen molar-refractivity contribution in [1.29, 1.82) is 0 Å². The van der Waals surface area contributed by atoms with Crippen molar-refractivity contribution in [3.63, 3.8) is 0 Å². The van der Waals surface area contributed by atoms with Gasteiger partial charge in [-0.1, -0.05) is 12.8 Å². The molecule has 0 unspecified atom stereocenters. The summed E-state index contributed by atoms with van der Waals surface area (Å²) in [6.45, 7) is 0. The number of hydrogen-bond acceptors (Lipinski definition) is 0. The highest BCUT2D eigenvalue weighted by atomic mass is 14.0. The lowest BCUT2D eigenvalue weighted by Gasteiger charge is -2.04. The molecule has 0 atom stereocenters. The molecule has 0 saturated heterocycles. The Labute approximate surface area is 39.6 Å². The summed E-state index contributed by atoms with van der Waals surface area (Å²) in [4.78, 5) is 0. The smallest absolute Gasteiger partial charge is 0.0170 e. The minimum atomic E-state index is 1.12. The zero-order valence-corrected chi connectivity index (χ0v) is 3.91. The molecule has 0 spiro atoms. The molecule has 0 aromatic carbocycles. The lowest BCUT2D eigenvalue weighted by molar-refractivity contribution is 0.699. The van der Waals surface area contributed by atoms with Crippen molar-refractivity contribution in [2.75, 3.05) is 0 Å². The summed E-state index contributed by atoms with van der Waals surface area (Å²) < 4.78 is 0. The Bertz CT molecular complexity index is 15.5. The van der Waals surface area contributed by atoms with E-state index in [1.807, 2.05) is 0 Å². The summed E-state index contributed by atoms with van der Waals surface area (Å²) in [6.07, 6.45) is 10.5. The molecule has 0 nitrogen and oxygen atoms in total. The maximum Gasteiger partial charge on any atom is -0.0170 e. The van der Waals surface area contributed by atoms with Crippen LogP contribution in [0.1, 0.15) is 25.7 Å². The zero-order valence-electron chi connectivity index (χ0n) is 3.91. The SMILES string of the molecule is [C]1C[CH]CCC1. The van der Waals surface area contributed by atoms with Crippen molar-refractivity contribution < 1.29 is 0 Å². The topological polar surface area (TPSA) is 0 Å². The van der Waals surface area contributed by atoms with Crippen LogP contribution in [0.25, 0.3) is 0 Å². The summed E-state index contributed by atoms with van der Waals surface area (Å²) >= 11 is 0. The molecule has 33 valence electrons. The second-order valence-corrected chi connectivity index (χ2v) is 1.64. The standard InChI is InChI=1S/C6H9/c1-2-4-6-5-3-1/h1H,2-4,6H2. The van der Waals surface area contributed by atoms with Crippen molar-refractivity contribution in [3.8, 4) is 0 Å². The lowest BCUT2D eigenvalue weighted by atomic mass is 10.0. The summed E-state index contributed by atoms with van der Waals surface area (Å²) in [5.41, 5.74) is 0. The fourth-order valence-electron chi connectivity index (χ4n) is 0.678. The monoisotopic (exact) mass is 81.1 g/mol. The first kappa shape index (κ1) is 4.17. The molecule has 1 aliphatic rings. The molecule has 0 N–H and O–H groups in total. The molecule has 0 amide bonds. The van der Waals surface area contributed by atoms with Crippen LogP contribution < -0.4 is 0 Å². The molecule has 0 heterocycles. The molecule has 1 fully saturated rings. The minimum Gasteiger partial charge on any atom is -0.0525 e. The number of rotatable bonds is 0. The van der Waals surface area contributed by atoms with E-state index in [9.17, 15) is 0 Å². The Kier molecular flexibility index (Phi) is 1.54. The molecule has 1 rings (SSSR count). The average molecular weight is 81.1 g/mol. The molecule has 1 saturated carbocycles. The van der Waals surface area contributed by atoms with Gasteiger partial charge < -0.3 is 0 Å². The van der Waals surface area contributed by atoms with E-state index in [1.165, 1.54) is 19.3 Å². The predicted octanol–water partition coefficient (Wildman–Crippen LogP) is 1.85. The summed E-state index contributed by atoms with van der Waals surface area (Å²) in [6, 6.07) is 0. The normalized spacial score (nSPS) is 24.0. The minimum absolute atomic E-state index is 1.12. The van der Waals surface area contributed by atoms with Crippen molar-refractivity contribution in [2.24, 2.45) is 0 Å². The summed E-state index contributed by atoms with van der Waals surface area (Å²) in [5.74, 6) is 0. The van der Waals surface area contributed by atoms with E-state index in [2.05, 4.69) is 12.8 Å². The van der Waals surface area contributed by atoms with Crippen LogP contribution in [0.3, 0.4) is 0 Å². The highest BCUT2D eigenvalue weighted by Gasteiger charge is 1.96. The number of hydrogen-bond donors (Lipinski definition) is 0. The van der Waals surface area contributed by atoms with E-state index in [4.69, 9.17) is 0 Å². The van der Waals surface area contributed by atoms with Gasteiger partial charge in [0.1, 0.15) is 0 Å². The van der Waals surface area contributed by atoms with Gasteiger partial charge in [-0.05, 0) is 25.7 Å². The van der Waals surface area contributed by atoms with E-state index in [0.29, 0.717) is 0 Å². The Morgan fingerprint density at radius 3 is 2.67 bits per heavy atom. The second-order valence-electron chi connectivity index (χ2n) is 1.64. The average Bonchev–Trinajstić information content (AvgIpc) is 1.72. The fraction of sp³-hybridized carbons (Fsp3) is 0.667. The Morgan fingerprint density at radius 2 is 2.50 bits per heavy atom. The molecular formula is C6H9. The van der Waals surface area contributed by atoms with Crippen LogP contribution in [0.2, 0.25) is 0 Å². The van der Waals surface area contributed by atoms with Gasteiger partial charge in [-0.2, -0.15) is 0 Å². The molecule has 1 aliphatic carbocycles. The van der Waals surface area contributed by atoms with Crippen LogP contribution in [-0.4, -0.2) is 0 Å². The Balaban J connectivity index is 2.00. The highest BCUT2D eigenvalue weighted by molar-refractivity contribution is 4.81. The first-order valence-electron chi connectivity index (χ1n) is 2.52. The third-order valence-electron chi connectivity index (χ3n) is 1.05. The molecule has 6 heavy (non-hydrogen) atoms. The van der Waals surface area contributed by atoms with Crippen LogP contribution in [0.5, 0.6) is 0 Å². The van der Waals surface area contributed by atoms with E-state index in [-0.39, 0.29) is 0 Å². The molecular weight excluding hydrogens is 72.1 g/mol. The van der Waals surface area contributed by atoms with Gasteiger partial charge in [0.05, 0.1) is 0 Å². The van der Waals surface area contributed by atoms with Crippen LogP contribution in [0.4, 0.5) is 0 Å². The molecule has 3 radical (unpaired) electrons. The van der Waals surface area contributed by atoms with Gasteiger partial charge in [0, 0.05) is 0 Å². The lowest BCUT2D eigenvalue weighted by Crippen LogP contribution is -1.88. The molecule has 0 bridgehead atoms. The first-order valence-corrected chi connectivity index (χ1v) is 2.52. The van der Waals surface area contributed by atoms with Crippen molar-refractivity contribution in [1.82, 2.24) is 0 Å².